The molecule has 4 aromatic rings. The van der Waals surface area contributed by atoms with Crippen LogP contribution in [0.1, 0.15) is 46.8 Å². The van der Waals surface area contributed by atoms with Crippen molar-refractivity contribution < 1.29 is 19.1 Å². The van der Waals surface area contributed by atoms with E-state index >= 15 is 0 Å². The van der Waals surface area contributed by atoms with Crippen LogP contribution in [0.2, 0.25) is 0 Å². The third-order valence-corrected chi connectivity index (χ3v) is 5.69. The van der Waals surface area contributed by atoms with Crippen molar-refractivity contribution in [3.05, 3.63) is 107 Å². The highest BCUT2D eigenvalue weighted by atomic mass is 16.5. The Morgan fingerprint density at radius 1 is 0.944 bits per heavy atom. The van der Waals surface area contributed by atoms with Crippen LogP contribution >= 0.6 is 0 Å². The molecule has 0 radical (unpaired) electrons. The van der Waals surface area contributed by atoms with Gasteiger partial charge >= 0.3 is 5.97 Å². The molecule has 4 rings (SSSR count). The van der Waals surface area contributed by atoms with Crippen molar-refractivity contribution in [2.24, 2.45) is 5.10 Å². The van der Waals surface area contributed by atoms with Crippen molar-refractivity contribution in [2.45, 2.75) is 26.7 Å². The zero-order valence-electron chi connectivity index (χ0n) is 20.5. The van der Waals surface area contributed by atoms with Gasteiger partial charge in [-0.25, -0.2) is 10.2 Å². The second-order valence-electron chi connectivity index (χ2n) is 8.76. The number of amides is 1. The molecule has 0 aromatic heterocycles. The summed E-state index contributed by atoms with van der Waals surface area (Å²) in [6, 6.07) is 26.1. The van der Waals surface area contributed by atoms with Crippen molar-refractivity contribution in [3.8, 4) is 11.5 Å². The lowest BCUT2D eigenvalue weighted by Crippen LogP contribution is -2.24. The Bertz CT molecular complexity index is 1410. The largest absolute Gasteiger partial charge is 0.484 e. The Balaban J connectivity index is 1.47. The molecule has 36 heavy (non-hydrogen) atoms. The third kappa shape index (κ3) is 6.16. The number of rotatable bonds is 8. The molecule has 0 saturated heterocycles. The van der Waals surface area contributed by atoms with Gasteiger partial charge in [0.25, 0.3) is 5.91 Å². The van der Waals surface area contributed by atoms with Crippen molar-refractivity contribution >= 4 is 28.9 Å². The van der Waals surface area contributed by atoms with Crippen LogP contribution in [-0.4, -0.2) is 24.7 Å². The minimum atomic E-state index is -0.468. The SMILES string of the molecule is Cc1cccc(C(=O)Oc2ccc3ccccc3c2/C=N\NC(=O)COc2ccc(C(C)C)cc2)c1. The smallest absolute Gasteiger partial charge is 0.343 e. The van der Waals surface area contributed by atoms with Gasteiger partial charge in [-0.1, -0.05) is 74.0 Å². The molecule has 4 aromatic carbocycles. The van der Waals surface area contributed by atoms with Gasteiger partial charge in [-0.05, 0) is 59.5 Å². The topological polar surface area (TPSA) is 77.0 Å². The van der Waals surface area contributed by atoms with Crippen LogP contribution in [-0.2, 0) is 4.79 Å². The van der Waals surface area contributed by atoms with E-state index in [0.717, 1.165) is 16.3 Å². The molecule has 0 saturated carbocycles. The van der Waals surface area contributed by atoms with E-state index < -0.39 is 11.9 Å². The number of ether oxygens (including phenoxy) is 2. The standard InChI is InChI=1S/C30H28N2O4/c1-20(2)22-11-14-25(15-12-22)35-19-29(33)32-31-18-27-26-10-5-4-8-23(26)13-16-28(27)36-30(34)24-9-6-7-21(3)17-24/h4-18,20H,19H2,1-3H3,(H,32,33)/b31-18-. The Kier molecular flexibility index (Phi) is 7.75. The number of carbonyl (C=O) groups is 2. The molecular weight excluding hydrogens is 452 g/mol. The molecule has 0 fully saturated rings. The van der Waals surface area contributed by atoms with Gasteiger partial charge in [0.05, 0.1) is 11.8 Å². The van der Waals surface area contributed by atoms with E-state index in [0.29, 0.717) is 28.5 Å². The number of hydrazone groups is 1. The Morgan fingerprint density at radius 2 is 1.72 bits per heavy atom. The predicted molar refractivity (Wildman–Crippen MR) is 142 cm³/mol. The average Bonchev–Trinajstić information content (AvgIpc) is 2.88. The number of esters is 1. The number of fused-ring (bicyclic) bond motifs is 1. The molecule has 0 aliphatic rings. The highest BCUT2D eigenvalue weighted by Gasteiger charge is 2.14. The molecule has 1 amide bonds. The molecule has 0 spiro atoms. The molecule has 1 N–H and O–H groups in total. The zero-order chi connectivity index (χ0) is 25.5. The number of nitrogens with one attached hydrogen (secondary N) is 1. The minimum absolute atomic E-state index is 0.177. The minimum Gasteiger partial charge on any atom is -0.484 e. The van der Waals surface area contributed by atoms with E-state index in [-0.39, 0.29) is 6.61 Å². The summed E-state index contributed by atoms with van der Waals surface area (Å²) in [4.78, 5) is 25.1. The first-order chi connectivity index (χ1) is 17.4. The van der Waals surface area contributed by atoms with Crippen molar-refractivity contribution in [1.82, 2.24) is 5.43 Å². The summed E-state index contributed by atoms with van der Waals surface area (Å²) < 4.78 is 11.3. The predicted octanol–water partition coefficient (Wildman–Crippen LogP) is 6.02. The normalized spacial score (nSPS) is 11.1. The van der Waals surface area contributed by atoms with Crippen molar-refractivity contribution in [1.29, 1.82) is 0 Å². The lowest BCUT2D eigenvalue weighted by atomic mass is 10.0. The van der Waals surface area contributed by atoms with Gasteiger partial charge in [-0.15, -0.1) is 0 Å². The molecule has 0 unspecified atom stereocenters. The summed E-state index contributed by atoms with van der Waals surface area (Å²) >= 11 is 0. The maximum atomic E-state index is 12.8. The maximum Gasteiger partial charge on any atom is 0.343 e. The van der Waals surface area contributed by atoms with Crippen LogP contribution in [0.4, 0.5) is 0 Å². The fourth-order valence-electron chi connectivity index (χ4n) is 3.73. The molecule has 0 bridgehead atoms. The molecule has 0 heterocycles. The van der Waals surface area contributed by atoms with E-state index in [4.69, 9.17) is 9.47 Å². The molecular formula is C30H28N2O4. The Hall–Kier alpha value is -4.45. The van der Waals surface area contributed by atoms with Gasteiger partial charge in [0.1, 0.15) is 11.5 Å². The van der Waals surface area contributed by atoms with E-state index in [2.05, 4.69) is 24.4 Å². The fourth-order valence-corrected chi connectivity index (χ4v) is 3.73. The van der Waals surface area contributed by atoms with Gasteiger partial charge in [0.15, 0.2) is 6.61 Å². The first-order valence-corrected chi connectivity index (χ1v) is 11.8. The number of nitrogens with zero attached hydrogens (tertiary/aromatic N) is 1. The quantitative estimate of drug-likeness (QED) is 0.145. The van der Waals surface area contributed by atoms with Gasteiger partial charge in [0, 0.05) is 5.56 Å². The highest BCUT2D eigenvalue weighted by Crippen LogP contribution is 2.27. The van der Waals surface area contributed by atoms with Crippen LogP contribution in [0.25, 0.3) is 10.8 Å². The van der Waals surface area contributed by atoms with Crippen LogP contribution in [0.15, 0.2) is 90.0 Å². The first-order valence-electron chi connectivity index (χ1n) is 11.8. The zero-order valence-corrected chi connectivity index (χ0v) is 20.5. The van der Waals surface area contributed by atoms with Crippen LogP contribution in [0, 0.1) is 6.92 Å². The molecule has 0 atom stereocenters. The van der Waals surface area contributed by atoms with Gasteiger partial charge in [-0.3, -0.25) is 4.79 Å². The maximum absolute atomic E-state index is 12.8. The summed E-state index contributed by atoms with van der Waals surface area (Å²) in [5.74, 6) is 0.506. The number of aryl methyl sites for hydroxylation is 1. The summed E-state index contributed by atoms with van der Waals surface area (Å²) in [5.41, 5.74) is 5.68. The first kappa shape index (κ1) is 24.7. The van der Waals surface area contributed by atoms with E-state index in [1.807, 2.05) is 73.7 Å². The van der Waals surface area contributed by atoms with Crippen molar-refractivity contribution in [2.75, 3.05) is 6.61 Å². The molecule has 6 nitrogen and oxygen atoms in total. The van der Waals surface area contributed by atoms with Gasteiger partial charge in [-0.2, -0.15) is 5.10 Å². The van der Waals surface area contributed by atoms with E-state index in [1.54, 1.807) is 18.2 Å². The van der Waals surface area contributed by atoms with Crippen LogP contribution < -0.4 is 14.9 Å². The monoisotopic (exact) mass is 480 g/mol. The highest BCUT2D eigenvalue weighted by molar-refractivity contribution is 6.04. The Morgan fingerprint density at radius 3 is 2.47 bits per heavy atom. The fraction of sp³-hybridized carbons (Fsp3) is 0.167. The second-order valence-corrected chi connectivity index (χ2v) is 8.76. The van der Waals surface area contributed by atoms with Crippen molar-refractivity contribution in [3.63, 3.8) is 0 Å². The number of carbonyl (C=O) groups excluding carboxylic acids is 2. The molecule has 6 heteroatoms. The summed E-state index contributed by atoms with van der Waals surface area (Å²) in [6.45, 7) is 5.97. The lowest BCUT2D eigenvalue weighted by Gasteiger charge is -2.11. The number of benzene rings is 4. The average molecular weight is 481 g/mol. The van der Waals surface area contributed by atoms with Gasteiger partial charge < -0.3 is 9.47 Å². The molecule has 182 valence electrons. The summed E-state index contributed by atoms with van der Waals surface area (Å²) in [5, 5.41) is 5.89. The third-order valence-electron chi connectivity index (χ3n) is 5.69. The number of hydrogen-bond donors (Lipinski definition) is 1. The van der Waals surface area contributed by atoms with Gasteiger partial charge in [0.2, 0.25) is 0 Å². The summed E-state index contributed by atoms with van der Waals surface area (Å²) in [7, 11) is 0. The van der Waals surface area contributed by atoms with Crippen LogP contribution in [0.5, 0.6) is 11.5 Å². The molecule has 0 aliphatic heterocycles. The van der Waals surface area contributed by atoms with E-state index in [9.17, 15) is 9.59 Å². The van der Waals surface area contributed by atoms with E-state index in [1.165, 1.54) is 11.8 Å². The Labute approximate surface area is 210 Å². The van der Waals surface area contributed by atoms with Crippen LogP contribution in [0.3, 0.4) is 0 Å². The molecule has 0 aliphatic carbocycles. The lowest BCUT2D eigenvalue weighted by molar-refractivity contribution is -0.123. The summed E-state index contributed by atoms with van der Waals surface area (Å²) in [6.07, 6.45) is 1.48. The second kappa shape index (κ2) is 11.3. The number of hydrogen-bond acceptors (Lipinski definition) is 5.